The summed E-state index contributed by atoms with van der Waals surface area (Å²) in [5.74, 6) is 0.104. The van der Waals surface area contributed by atoms with Gasteiger partial charge in [-0.2, -0.15) is 13.5 Å². The second-order valence-corrected chi connectivity index (χ2v) is 8.12. The fraction of sp³-hybridized carbons (Fsp3) is 0. The summed E-state index contributed by atoms with van der Waals surface area (Å²) in [5.41, 5.74) is 0.775. The highest BCUT2D eigenvalue weighted by molar-refractivity contribution is 7.87. The van der Waals surface area contributed by atoms with Crippen LogP contribution >= 0.6 is 0 Å². The number of para-hydroxylation sites is 1. The third kappa shape index (κ3) is 5.37. The molecule has 1 N–H and O–H groups in total. The molecular formula is C21H16N6O5S. The summed E-state index contributed by atoms with van der Waals surface area (Å²) in [5, 5.41) is 26.3. The number of hydrogen-bond donors (Lipinski definition) is 1. The smallest absolute Gasteiger partial charge is 0.339 e. The van der Waals surface area contributed by atoms with E-state index in [-0.39, 0.29) is 16.3 Å². The number of anilines is 2. The number of benzene rings is 3. The molecule has 0 unspecified atom stereocenters. The average Bonchev–Trinajstić information content (AvgIpc) is 3.33. The Kier molecular flexibility index (Phi) is 6.09. The molecule has 0 aliphatic carbocycles. The Labute approximate surface area is 188 Å². The molecule has 0 saturated heterocycles. The molecule has 1 heterocycles. The van der Waals surface area contributed by atoms with Gasteiger partial charge in [-0.25, -0.2) is 0 Å². The van der Waals surface area contributed by atoms with Crippen LogP contribution in [0, 0.1) is 10.1 Å². The summed E-state index contributed by atoms with van der Waals surface area (Å²) in [6, 6.07) is 19.7. The quantitative estimate of drug-likeness (QED) is 0.170. The molecule has 0 bridgehead atoms. The van der Waals surface area contributed by atoms with Crippen LogP contribution in [0.15, 0.2) is 106 Å². The van der Waals surface area contributed by atoms with E-state index in [2.05, 4.69) is 20.8 Å². The van der Waals surface area contributed by atoms with E-state index in [0.717, 1.165) is 6.07 Å². The Bertz CT molecular complexity index is 1390. The summed E-state index contributed by atoms with van der Waals surface area (Å²) in [6.07, 6.45) is 3.20. The molecule has 166 valence electrons. The first kappa shape index (κ1) is 21.6. The first-order valence-corrected chi connectivity index (χ1v) is 10.9. The zero-order valence-electron chi connectivity index (χ0n) is 16.8. The minimum absolute atomic E-state index is 0.104. The van der Waals surface area contributed by atoms with Crippen LogP contribution in [0.2, 0.25) is 0 Å². The van der Waals surface area contributed by atoms with Crippen molar-refractivity contribution >= 4 is 32.9 Å². The predicted octanol–water partition coefficient (Wildman–Crippen LogP) is 4.85. The van der Waals surface area contributed by atoms with E-state index >= 15 is 0 Å². The Balaban J connectivity index is 1.54. The maximum absolute atomic E-state index is 12.5. The molecule has 0 atom stereocenters. The monoisotopic (exact) mass is 464 g/mol. The number of rotatable bonds is 8. The van der Waals surface area contributed by atoms with Gasteiger partial charge >= 0.3 is 10.1 Å². The van der Waals surface area contributed by atoms with E-state index in [1.165, 1.54) is 29.1 Å². The van der Waals surface area contributed by atoms with Crippen molar-refractivity contribution in [1.29, 1.82) is 0 Å². The number of nitro benzene ring substituents is 1. The number of nitro groups is 1. The zero-order valence-corrected chi connectivity index (χ0v) is 17.7. The molecule has 11 nitrogen and oxygen atoms in total. The van der Waals surface area contributed by atoms with Gasteiger partial charge in [-0.3, -0.25) is 10.1 Å². The Morgan fingerprint density at radius 3 is 2.42 bits per heavy atom. The largest absolute Gasteiger partial charge is 0.379 e. The minimum atomic E-state index is -4.25. The SMILES string of the molecule is O=[N+]([O-])c1cc(S(=O)(=O)Oc2ccccc2)ccc1Nc1ccc(N=Nn2cccn2)cc1. The fourth-order valence-electron chi connectivity index (χ4n) is 2.75. The Morgan fingerprint density at radius 2 is 1.76 bits per heavy atom. The van der Waals surface area contributed by atoms with Crippen molar-refractivity contribution in [2.45, 2.75) is 4.90 Å². The van der Waals surface area contributed by atoms with Crippen molar-refractivity contribution in [2.75, 3.05) is 5.32 Å². The highest BCUT2D eigenvalue weighted by atomic mass is 32.2. The van der Waals surface area contributed by atoms with Gasteiger partial charge < -0.3 is 9.50 Å². The van der Waals surface area contributed by atoms with Crippen LogP contribution in [0.5, 0.6) is 5.75 Å². The molecule has 0 spiro atoms. The number of aromatic nitrogens is 2. The summed E-state index contributed by atoms with van der Waals surface area (Å²) in [7, 11) is -4.25. The van der Waals surface area contributed by atoms with Gasteiger partial charge in [0.2, 0.25) is 0 Å². The molecule has 4 rings (SSSR count). The molecule has 1 aromatic heterocycles. The van der Waals surface area contributed by atoms with Crippen LogP contribution in [0.4, 0.5) is 22.7 Å². The van der Waals surface area contributed by atoms with Gasteiger partial charge in [0, 0.05) is 11.8 Å². The Hall–Kier alpha value is -4.58. The molecule has 0 fully saturated rings. The van der Waals surface area contributed by atoms with Crippen molar-refractivity contribution in [1.82, 2.24) is 9.89 Å². The molecule has 4 aromatic rings. The molecule has 0 saturated carbocycles. The standard InChI is InChI=1S/C21H16N6O5S/c28-27(29)21-15-19(33(30,31)32-18-5-2-1-3-6-18)11-12-20(21)23-16-7-9-17(10-8-16)24-25-26-14-4-13-22-26/h1-15,23H. The molecule has 3 aromatic carbocycles. The minimum Gasteiger partial charge on any atom is -0.379 e. The van der Waals surface area contributed by atoms with Gasteiger partial charge in [0.25, 0.3) is 5.69 Å². The van der Waals surface area contributed by atoms with Crippen LogP contribution in [-0.2, 0) is 10.1 Å². The lowest BCUT2D eigenvalue weighted by Crippen LogP contribution is -2.10. The maximum Gasteiger partial charge on any atom is 0.339 e. The molecule has 0 amide bonds. The molecule has 0 aliphatic rings. The van der Waals surface area contributed by atoms with E-state index in [1.54, 1.807) is 60.9 Å². The lowest BCUT2D eigenvalue weighted by Gasteiger charge is -2.10. The molecular weight excluding hydrogens is 448 g/mol. The number of hydrogen-bond acceptors (Lipinski definition) is 9. The second-order valence-electron chi connectivity index (χ2n) is 6.57. The highest BCUT2D eigenvalue weighted by Crippen LogP contribution is 2.31. The molecule has 12 heteroatoms. The first-order chi connectivity index (χ1) is 15.9. The van der Waals surface area contributed by atoms with Gasteiger partial charge in [0.05, 0.1) is 23.0 Å². The van der Waals surface area contributed by atoms with Crippen LogP contribution in [0.25, 0.3) is 0 Å². The van der Waals surface area contributed by atoms with Gasteiger partial charge in [0.1, 0.15) is 16.3 Å². The summed E-state index contributed by atoms with van der Waals surface area (Å²) in [4.78, 5) is 11.9. The van der Waals surface area contributed by atoms with Crippen LogP contribution in [0.1, 0.15) is 0 Å². The molecule has 0 radical (unpaired) electrons. The zero-order chi connectivity index (χ0) is 23.3. The molecule has 0 aliphatic heterocycles. The van der Waals surface area contributed by atoms with Crippen LogP contribution < -0.4 is 9.50 Å². The van der Waals surface area contributed by atoms with Gasteiger partial charge in [-0.1, -0.05) is 18.2 Å². The van der Waals surface area contributed by atoms with Crippen LogP contribution in [0.3, 0.4) is 0 Å². The van der Waals surface area contributed by atoms with Crippen molar-refractivity contribution < 1.29 is 17.5 Å². The third-order valence-electron chi connectivity index (χ3n) is 4.29. The van der Waals surface area contributed by atoms with Gasteiger partial charge in [-0.05, 0) is 59.8 Å². The van der Waals surface area contributed by atoms with Crippen molar-refractivity contribution in [3.8, 4) is 5.75 Å². The first-order valence-electron chi connectivity index (χ1n) is 9.47. The maximum atomic E-state index is 12.5. The van der Waals surface area contributed by atoms with E-state index in [9.17, 15) is 18.5 Å². The summed E-state index contributed by atoms with van der Waals surface area (Å²) >= 11 is 0. The van der Waals surface area contributed by atoms with E-state index in [1.807, 2.05) is 0 Å². The van der Waals surface area contributed by atoms with Crippen molar-refractivity contribution in [3.05, 3.63) is 101 Å². The second kappa shape index (κ2) is 9.28. The highest BCUT2D eigenvalue weighted by Gasteiger charge is 2.23. The number of nitrogens with one attached hydrogen (secondary N) is 1. The van der Waals surface area contributed by atoms with Gasteiger partial charge in [-0.15, -0.1) is 9.91 Å². The van der Waals surface area contributed by atoms with E-state index in [4.69, 9.17) is 4.18 Å². The van der Waals surface area contributed by atoms with Crippen molar-refractivity contribution in [2.24, 2.45) is 10.3 Å². The summed E-state index contributed by atoms with van der Waals surface area (Å²) < 4.78 is 30.1. The third-order valence-corrected chi connectivity index (χ3v) is 5.54. The van der Waals surface area contributed by atoms with Crippen LogP contribution in [-0.4, -0.2) is 23.2 Å². The van der Waals surface area contributed by atoms with Crippen molar-refractivity contribution in [3.63, 3.8) is 0 Å². The normalized spacial score (nSPS) is 11.4. The lowest BCUT2D eigenvalue weighted by molar-refractivity contribution is -0.384. The van der Waals surface area contributed by atoms with Gasteiger partial charge in [0.15, 0.2) is 0 Å². The number of nitrogens with zero attached hydrogens (tertiary/aromatic N) is 5. The fourth-order valence-corrected chi connectivity index (χ4v) is 3.70. The van der Waals surface area contributed by atoms with E-state index < -0.39 is 20.7 Å². The average molecular weight is 464 g/mol. The predicted molar refractivity (Wildman–Crippen MR) is 119 cm³/mol. The topological polar surface area (TPSA) is 141 Å². The lowest BCUT2D eigenvalue weighted by atomic mass is 10.2. The van der Waals surface area contributed by atoms with E-state index in [0.29, 0.717) is 11.4 Å². The molecule has 33 heavy (non-hydrogen) atoms. The Morgan fingerprint density at radius 1 is 1.00 bits per heavy atom. The summed E-state index contributed by atoms with van der Waals surface area (Å²) in [6.45, 7) is 0.